The van der Waals surface area contributed by atoms with Gasteiger partial charge in [-0.25, -0.2) is 0 Å². The van der Waals surface area contributed by atoms with Crippen molar-refractivity contribution in [3.63, 3.8) is 0 Å². The van der Waals surface area contributed by atoms with Crippen LogP contribution < -0.4 is 5.32 Å². The van der Waals surface area contributed by atoms with Gasteiger partial charge in [0.1, 0.15) is 5.41 Å². The highest BCUT2D eigenvalue weighted by Gasteiger charge is 2.49. The number of amides is 1. The van der Waals surface area contributed by atoms with Gasteiger partial charge >= 0.3 is 0 Å². The van der Waals surface area contributed by atoms with Gasteiger partial charge in [-0.1, -0.05) is 6.92 Å². The first-order valence-corrected chi connectivity index (χ1v) is 7.07. The fourth-order valence-electron chi connectivity index (χ4n) is 2.55. The summed E-state index contributed by atoms with van der Waals surface area (Å²) < 4.78 is 0. The summed E-state index contributed by atoms with van der Waals surface area (Å²) in [6, 6.07) is 6.27. The van der Waals surface area contributed by atoms with Crippen molar-refractivity contribution in [1.29, 1.82) is 5.26 Å². The largest absolute Gasteiger partial charge is 0.347 e. The Bertz CT molecular complexity index is 494. The van der Waals surface area contributed by atoms with E-state index in [1.54, 1.807) is 11.3 Å². The van der Waals surface area contributed by atoms with E-state index >= 15 is 0 Å². The van der Waals surface area contributed by atoms with E-state index in [0.717, 1.165) is 4.88 Å². The molecule has 0 spiro atoms. The molecule has 1 saturated carbocycles. The Balaban J connectivity index is 2.02. The zero-order chi connectivity index (χ0) is 13.3. The maximum atomic E-state index is 12.2. The molecule has 1 amide bonds. The lowest BCUT2D eigenvalue weighted by Gasteiger charge is -2.39. The van der Waals surface area contributed by atoms with Gasteiger partial charge in [-0.05, 0) is 44.7 Å². The van der Waals surface area contributed by atoms with Crippen LogP contribution in [0.2, 0.25) is 0 Å². The summed E-state index contributed by atoms with van der Waals surface area (Å²) in [5.74, 6) is 0.372. The molecule has 1 aromatic heterocycles. The van der Waals surface area contributed by atoms with Crippen LogP contribution in [0.5, 0.6) is 0 Å². The monoisotopic (exact) mass is 262 g/mol. The maximum Gasteiger partial charge on any atom is 0.240 e. The molecule has 0 radical (unpaired) electrons. The Morgan fingerprint density at radius 3 is 2.72 bits per heavy atom. The van der Waals surface area contributed by atoms with Gasteiger partial charge in [-0.15, -0.1) is 11.3 Å². The number of nitriles is 1. The van der Waals surface area contributed by atoms with Crippen LogP contribution in [0, 0.1) is 29.6 Å². The minimum absolute atomic E-state index is 0.0164. The van der Waals surface area contributed by atoms with Crippen LogP contribution in [0.15, 0.2) is 12.1 Å². The molecular formula is C14H18N2OS. The van der Waals surface area contributed by atoms with Crippen LogP contribution in [-0.2, 0) is 4.79 Å². The van der Waals surface area contributed by atoms with Crippen molar-refractivity contribution in [2.45, 2.75) is 39.7 Å². The molecule has 1 aliphatic carbocycles. The first-order valence-electron chi connectivity index (χ1n) is 6.25. The molecule has 1 heterocycles. The van der Waals surface area contributed by atoms with Crippen LogP contribution in [0.4, 0.5) is 0 Å². The molecule has 1 fully saturated rings. The van der Waals surface area contributed by atoms with Gasteiger partial charge in [0.25, 0.3) is 0 Å². The average molecular weight is 262 g/mol. The molecule has 0 saturated heterocycles. The predicted molar refractivity (Wildman–Crippen MR) is 72.1 cm³/mol. The quantitative estimate of drug-likeness (QED) is 0.909. The number of carbonyl (C=O) groups excluding carboxylic acids is 1. The fraction of sp³-hybridized carbons (Fsp3) is 0.571. The van der Waals surface area contributed by atoms with Gasteiger partial charge in [-0.3, -0.25) is 4.79 Å². The third kappa shape index (κ3) is 2.28. The normalized spacial score (nSPS) is 28.0. The lowest BCUT2D eigenvalue weighted by Crippen LogP contribution is -2.48. The molecule has 4 heteroatoms. The fourth-order valence-corrected chi connectivity index (χ4v) is 3.43. The van der Waals surface area contributed by atoms with E-state index < -0.39 is 5.41 Å². The van der Waals surface area contributed by atoms with E-state index in [1.807, 2.05) is 26.0 Å². The second-order valence-corrected chi connectivity index (χ2v) is 6.67. The summed E-state index contributed by atoms with van der Waals surface area (Å²) in [7, 11) is 0. The van der Waals surface area contributed by atoms with Crippen molar-refractivity contribution >= 4 is 17.2 Å². The number of hydrogen-bond acceptors (Lipinski definition) is 3. The van der Waals surface area contributed by atoms with Crippen molar-refractivity contribution in [2.24, 2.45) is 11.3 Å². The zero-order valence-electron chi connectivity index (χ0n) is 11.0. The highest BCUT2D eigenvalue weighted by molar-refractivity contribution is 7.12. The molecule has 0 bridgehead atoms. The molecule has 1 N–H and O–H groups in total. The minimum Gasteiger partial charge on any atom is -0.347 e. The van der Waals surface area contributed by atoms with Crippen LogP contribution in [0.3, 0.4) is 0 Å². The summed E-state index contributed by atoms with van der Waals surface area (Å²) in [6.45, 7) is 6.10. The van der Waals surface area contributed by atoms with E-state index in [1.165, 1.54) is 4.88 Å². The summed E-state index contributed by atoms with van der Waals surface area (Å²) in [4.78, 5) is 14.6. The van der Waals surface area contributed by atoms with E-state index in [4.69, 9.17) is 0 Å². The van der Waals surface area contributed by atoms with Gasteiger partial charge in [0.2, 0.25) is 5.91 Å². The van der Waals surface area contributed by atoms with Crippen LogP contribution in [0.25, 0.3) is 0 Å². The zero-order valence-corrected chi connectivity index (χ0v) is 11.8. The summed E-state index contributed by atoms with van der Waals surface area (Å²) in [6.07, 6.45) is 1.37. The Kier molecular flexibility index (Phi) is 3.45. The van der Waals surface area contributed by atoms with Crippen molar-refractivity contribution in [3.8, 4) is 6.07 Å². The molecule has 1 aromatic rings. The third-order valence-electron chi connectivity index (χ3n) is 3.58. The van der Waals surface area contributed by atoms with Crippen molar-refractivity contribution < 1.29 is 4.79 Å². The van der Waals surface area contributed by atoms with Gasteiger partial charge in [0.15, 0.2) is 0 Å². The Morgan fingerprint density at radius 2 is 2.28 bits per heavy atom. The van der Waals surface area contributed by atoms with Gasteiger partial charge in [0.05, 0.1) is 12.1 Å². The van der Waals surface area contributed by atoms with Crippen LogP contribution in [-0.4, -0.2) is 5.91 Å². The number of nitrogens with one attached hydrogen (secondary N) is 1. The van der Waals surface area contributed by atoms with Gasteiger partial charge < -0.3 is 5.32 Å². The second-order valence-electron chi connectivity index (χ2n) is 5.35. The molecular weight excluding hydrogens is 244 g/mol. The number of hydrogen-bond donors (Lipinski definition) is 1. The Hall–Kier alpha value is -1.34. The predicted octanol–water partition coefficient (Wildman–Crippen LogP) is 3.17. The molecule has 0 aromatic carbocycles. The van der Waals surface area contributed by atoms with E-state index in [2.05, 4.69) is 18.3 Å². The average Bonchev–Trinajstić information content (AvgIpc) is 2.71. The van der Waals surface area contributed by atoms with Crippen molar-refractivity contribution in [2.75, 3.05) is 0 Å². The SMILES string of the molecule is Cc1ccc(C(C)NC(=O)C2(C#N)CC(C)C2)s1. The molecule has 1 unspecified atom stereocenters. The number of thiophene rings is 1. The van der Waals surface area contributed by atoms with Crippen LogP contribution in [0.1, 0.15) is 42.5 Å². The standard InChI is InChI=1S/C14H18N2OS/c1-9-6-14(7-9,8-15)13(17)16-11(3)12-5-4-10(2)18-12/h4-5,9,11H,6-7H2,1-3H3,(H,16,17). The summed E-state index contributed by atoms with van der Waals surface area (Å²) >= 11 is 1.68. The van der Waals surface area contributed by atoms with Crippen molar-refractivity contribution in [3.05, 3.63) is 21.9 Å². The molecule has 2 rings (SSSR count). The topological polar surface area (TPSA) is 52.9 Å². The smallest absolute Gasteiger partial charge is 0.240 e. The lowest BCUT2D eigenvalue weighted by molar-refractivity contribution is -0.134. The second kappa shape index (κ2) is 4.74. The molecule has 1 atom stereocenters. The third-order valence-corrected chi connectivity index (χ3v) is 4.76. The van der Waals surface area contributed by atoms with Crippen molar-refractivity contribution in [1.82, 2.24) is 5.32 Å². The number of rotatable bonds is 3. The van der Waals surface area contributed by atoms with Gasteiger partial charge in [-0.2, -0.15) is 5.26 Å². The number of aryl methyl sites for hydroxylation is 1. The van der Waals surface area contributed by atoms with E-state index in [9.17, 15) is 10.1 Å². The molecule has 3 nitrogen and oxygen atoms in total. The minimum atomic E-state index is -0.778. The number of carbonyl (C=O) groups is 1. The molecule has 96 valence electrons. The highest BCUT2D eigenvalue weighted by Crippen LogP contribution is 2.45. The summed E-state index contributed by atoms with van der Waals surface area (Å²) in [5.41, 5.74) is -0.778. The van der Waals surface area contributed by atoms with Crippen LogP contribution >= 0.6 is 11.3 Å². The Morgan fingerprint density at radius 1 is 1.61 bits per heavy atom. The molecule has 18 heavy (non-hydrogen) atoms. The van der Waals surface area contributed by atoms with E-state index in [0.29, 0.717) is 18.8 Å². The lowest BCUT2D eigenvalue weighted by atomic mass is 9.63. The summed E-state index contributed by atoms with van der Waals surface area (Å²) in [5, 5.41) is 12.2. The first-order chi connectivity index (χ1) is 8.47. The number of nitrogens with zero attached hydrogens (tertiary/aromatic N) is 1. The Labute approximate surface area is 112 Å². The highest BCUT2D eigenvalue weighted by atomic mass is 32.1. The maximum absolute atomic E-state index is 12.2. The van der Waals surface area contributed by atoms with E-state index in [-0.39, 0.29) is 11.9 Å². The van der Waals surface area contributed by atoms with Gasteiger partial charge in [0, 0.05) is 9.75 Å². The first kappa shape index (κ1) is 13.1. The molecule has 0 aliphatic heterocycles. The molecule has 1 aliphatic rings.